The molecule has 7 heterocycles. The molecule has 0 aromatic carbocycles. The lowest BCUT2D eigenvalue weighted by Crippen LogP contribution is -2.35. The Balaban J connectivity index is 1.24. The van der Waals surface area contributed by atoms with Gasteiger partial charge in [-0.25, -0.2) is 19.6 Å². The van der Waals surface area contributed by atoms with Gasteiger partial charge in [0.15, 0.2) is 22.9 Å². The molecule has 1 spiro atoms. The van der Waals surface area contributed by atoms with Crippen molar-refractivity contribution in [2.45, 2.75) is 95.4 Å². The molecule has 4 aliphatic rings. The number of nitrogens with zero attached hydrogens (tertiary/aromatic N) is 9. The smallest absolute Gasteiger partial charge is 0.186 e. The van der Waals surface area contributed by atoms with Gasteiger partial charge in [0.2, 0.25) is 0 Å². The molecule has 2 aliphatic heterocycles. The lowest BCUT2D eigenvalue weighted by molar-refractivity contribution is 0.121. The number of likely N-dealkylation sites (tertiary alicyclic amines) is 1. The largest absolute Gasteiger partial charge is 0.389 e. The molecular weight excluding hydrogens is 663 g/mol. The predicted molar refractivity (Wildman–Crippen MR) is 195 cm³/mol. The van der Waals surface area contributed by atoms with Gasteiger partial charge in [-0.05, 0) is 96.0 Å². The van der Waals surface area contributed by atoms with Crippen molar-refractivity contribution in [1.82, 2.24) is 34.8 Å². The fraction of sp³-hybridized carbons (Fsp3) is 0.514. The van der Waals surface area contributed by atoms with Crippen molar-refractivity contribution in [3.8, 4) is 17.6 Å². The molecule has 5 aromatic rings. The first-order chi connectivity index (χ1) is 24.8. The number of anilines is 3. The zero-order valence-electron chi connectivity index (χ0n) is 29.4. The predicted octanol–water partition coefficient (Wildman–Crippen LogP) is 5.69. The molecular formula is C37H43N11O2S. The van der Waals surface area contributed by atoms with Gasteiger partial charge in [-0.2, -0.15) is 10.4 Å². The van der Waals surface area contributed by atoms with E-state index in [2.05, 4.69) is 46.4 Å². The van der Waals surface area contributed by atoms with E-state index < -0.39 is 5.41 Å². The highest BCUT2D eigenvalue weighted by atomic mass is 32.1. The molecule has 2 aliphatic carbocycles. The number of nitriles is 1. The zero-order chi connectivity index (χ0) is 35.0. The Morgan fingerprint density at radius 3 is 2.78 bits per heavy atom. The first kappa shape index (κ1) is 32.3. The molecule has 0 bridgehead atoms. The first-order valence-corrected chi connectivity index (χ1v) is 19.0. The maximum Gasteiger partial charge on any atom is 0.186 e. The number of nitrogens with two attached hydrogens (primary N) is 2. The quantitative estimate of drug-likeness (QED) is 0.234. The van der Waals surface area contributed by atoms with E-state index in [4.69, 9.17) is 41.0 Å². The fourth-order valence-corrected chi connectivity index (χ4v) is 10.7. The van der Waals surface area contributed by atoms with E-state index in [0.717, 1.165) is 103 Å². The lowest BCUT2D eigenvalue weighted by atomic mass is 9.63. The van der Waals surface area contributed by atoms with Gasteiger partial charge in [0.25, 0.3) is 0 Å². The number of pyridine rings is 1. The minimum absolute atomic E-state index is 0.0860. The minimum atomic E-state index is -0.439. The van der Waals surface area contributed by atoms with E-state index in [-0.39, 0.29) is 12.1 Å². The number of hydrogen-bond donors (Lipinski definition) is 2. The molecule has 14 heteroatoms. The molecule has 4 atom stereocenters. The second-order valence-corrected chi connectivity index (χ2v) is 15.8. The number of aromatic nitrogens is 6. The van der Waals surface area contributed by atoms with Crippen LogP contribution in [0.3, 0.4) is 0 Å². The van der Waals surface area contributed by atoms with Crippen LogP contribution in [0.25, 0.3) is 22.6 Å². The van der Waals surface area contributed by atoms with Crippen LogP contribution in [0.2, 0.25) is 0 Å². The summed E-state index contributed by atoms with van der Waals surface area (Å²) in [4.78, 5) is 20.9. The summed E-state index contributed by atoms with van der Waals surface area (Å²) in [6.07, 6.45) is 11.3. The highest BCUT2D eigenvalue weighted by Crippen LogP contribution is 2.55. The molecule has 0 unspecified atom stereocenters. The van der Waals surface area contributed by atoms with Crippen molar-refractivity contribution in [2.24, 2.45) is 0 Å². The highest BCUT2D eigenvalue weighted by molar-refractivity contribution is 7.16. The number of rotatable bonds is 4. The van der Waals surface area contributed by atoms with E-state index in [9.17, 15) is 5.26 Å². The third-order valence-electron chi connectivity index (χ3n) is 12.0. The number of thiophene rings is 1. The third kappa shape index (κ3) is 4.88. The van der Waals surface area contributed by atoms with Crippen LogP contribution < -0.4 is 16.4 Å². The van der Waals surface area contributed by atoms with Crippen molar-refractivity contribution in [2.75, 3.05) is 43.1 Å². The van der Waals surface area contributed by atoms with Crippen LogP contribution >= 0.6 is 11.3 Å². The second-order valence-electron chi connectivity index (χ2n) is 14.7. The van der Waals surface area contributed by atoms with Crippen LogP contribution in [0, 0.1) is 11.3 Å². The van der Waals surface area contributed by atoms with Crippen molar-refractivity contribution in [3.05, 3.63) is 56.9 Å². The van der Waals surface area contributed by atoms with Gasteiger partial charge in [-0.15, -0.1) is 11.3 Å². The fourth-order valence-electron chi connectivity index (χ4n) is 9.58. The average molecular weight is 706 g/mol. The van der Waals surface area contributed by atoms with Gasteiger partial charge in [-0.3, -0.25) is 0 Å². The van der Waals surface area contributed by atoms with Crippen LogP contribution in [0.1, 0.15) is 103 Å². The number of likely N-dealkylation sites (N-methyl/N-ethyl adjacent to an activating group) is 1. The summed E-state index contributed by atoms with van der Waals surface area (Å²) >= 11 is 1.55. The van der Waals surface area contributed by atoms with Gasteiger partial charge in [0.05, 0.1) is 47.9 Å². The summed E-state index contributed by atoms with van der Waals surface area (Å²) in [6.45, 7) is 7.03. The summed E-state index contributed by atoms with van der Waals surface area (Å²) in [5.74, 6) is 2.58. The Hall–Kier alpha value is -4.58. The summed E-state index contributed by atoms with van der Waals surface area (Å²) in [5, 5.41) is 21.4. The van der Waals surface area contributed by atoms with E-state index in [1.807, 2.05) is 12.3 Å². The van der Waals surface area contributed by atoms with Gasteiger partial charge >= 0.3 is 0 Å². The molecule has 51 heavy (non-hydrogen) atoms. The summed E-state index contributed by atoms with van der Waals surface area (Å²) in [6, 6.07) is 4.70. The molecule has 4 N–H and O–H groups in total. The van der Waals surface area contributed by atoms with Crippen LogP contribution in [-0.2, 0) is 29.6 Å². The Morgan fingerprint density at radius 1 is 1.14 bits per heavy atom. The Morgan fingerprint density at radius 2 is 1.98 bits per heavy atom. The molecule has 264 valence electrons. The first-order valence-electron chi connectivity index (χ1n) is 18.1. The Bertz CT molecular complexity index is 2200. The number of fused-ring (bicyclic) bond motifs is 6. The van der Waals surface area contributed by atoms with Gasteiger partial charge in [-0.1, -0.05) is 5.16 Å². The van der Waals surface area contributed by atoms with Gasteiger partial charge < -0.3 is 30.5 Å². The Labute approximate surface area is 300 Å². The maximum absolute atomic E-state index is 10.2. The normalized spacial score (nSPS) is 24.2. The molecule has 1 saturated heterocycles. The Kier molecular flexibility index (Phi) is 7.79. The summed E-state index contributed by atoms with van der Waals surface area (Å²) in [7, 11) is 2.19. The van der Waals surface area contributed by atoms with Crippen molar-refractivity contribution >= 4 is 39.0 Å². The second kappa shape index (κ2) is 12.3. The molecule has 9 rings (SSSR count). The number of nitrogen functional groups attached to an aromatic ring is 2. The molecule has 0 amide bonds. The maximum atomic E-state index is 10.2. The third-order valence-corrected chi connectivity index (χ3v) is 13.1. The SMILES string of the molecule is C[C@@H]1c2c(ccnc2N)COCCN1c1nc(-c2noc3c2CCC[C@@]32CCCc3sc(N)c(C#N)c32)nc2c1cnn2[C@@H](C)[C@@H]1CCCN1C. The minimum Gasteiger partial charge on any atom is -0.389 e. The van der Waals surface area contributed by atoms with Crippen LogP contribution in [0.5, 0.6) is 0 Å². The lowest BCUT2D eigenvalue weighted by Gasteiger charge is -2.39. The van der Waals surface area contributed by atoms with Crippen LogP contribution in [-0.4, -0.2) is 67.6 Å². The van der Waals surface area contributed by atoms with Crippen LogP contribution in [0.15, 0.2) is 23.0 Å². The van der Waals surface area contributed by atoms with Gasteiger partial charge in [0.1, 0.15) is 22.7 Å². The van der Waals surface area contributed by atoms with Gasteiger partial charge in [0, 0.05) is 34.8 Å². The number of ether oxygens (including phenoxy) is 1. The molecule has 0 saturated carbocycles. The molecule has 0 radical (unpaired) electrons. The van der Waals surface area contributed by atoms with Crippen LogP contribution in [0.4, 0.5) is 16.6 Å². The van der Waals surface area contributed by atoms with E-state index in [0.29, 0.717) is 53.7 Å². The molecule has 5 aromatic heterocycles. The molecule has 13 nitrogen and oxygen atoms in total. The molecule has 1 fully saturated rings. The standard InChI is InChI=1S/C37H43N11O2S/c1-20(26-8-6-14-46(26)3)48-36-25(18-42-48)35(47-15-16-49-19-22-10-13-41-32(39)28(22)21(47)2)43-34(44-36)30-23-7-4-11-37(31(23)50-45-30)12-5-9-27-29(37)24(17-38)33(40)51-27/h10,13,18,20-21,26H,4-9,11-12,14-16,19,40H2,1-3H3,(H2,39,41)/t20-,21+,26-,37-/m0/s1. The van der Waals surface area contributed by atoms with E-state index >= 15 is 0 Å². The zero-order valence-corrected chi connectivity index (χ0v) is 30.2. The van der Waals surface area contributed by atoms with Crippen molar-refractivity contribution in [3.63, 3.8) is 0 Å². The monoisotopic (exact) mass is 705 g/mol. The summed E-state index contributed by atoms with van der Waals surface area (Å²) < 4.78 is 14.6. The topological polar surface area (TPSA) is 174 Å². The van der Waals surface area contributed by atoms with E-state index in [1.54, 1.807) is 17.5 Å². The number of hydrogen-bond acceptors (Lipinski definition) is 13. The number of aryl methyl sites for hydroxylation is 1. The highest BCUT2D eigenvalue weighted by Gasteiger charge is 2.49. The summed E-state index contributed by atoms with van der Waals surface area (Å²) in [5.41, 5.74) is 18.6. The van der Waals surface area contributed by atoms with Crippen molar-refractivity contribution < 1.29 is 9.26 Å². The van der Waals surface area contributed by atoms with E-state index in [1.165, 1.54) is 4.88 Å². The van der Waals surface area contributed by atoms with Crippen molar-refractivity contribution in [1.29, 1.82) is 5.26 Å². The average Bonchev–Trinajstić information content (AvgIpc) is 3.92.